The Morgan fingerprint density at radius 1 is 1.15 bits per heavy atom. The molecule has 0 aliphatic carbocycles. The van der Waals surface area contributed by atoms with Crippen LogP contribution in [0.3, 0.4) is 0 Å². The molecule has 0 aromatic carbocycles. The van der Waals surface area contributed by atoms with Crippen molar-refractivity contribution in [3.8, 4) is 0 Å². The number of hydrogen-bond donors (Lipinski definition) is 2. The molecule has 0 aromatic rings. The van der Waals surface area contributed by atoms with Crippen LogP contribution in [0.4, 0.5) is 0 Å². The Labute approximate surface area is 208 Å². The second-order valence-electron chi connectivity index (χ2n) is 9.90. The van der Waals surface area contributed by atoms with E-state index < -0.39 is 6.29 Å². The quantitative estimate of drug-likeness (QED) is 0.620. The lowest BCUT2D eigenvalue weighted by Gasteiger charge is -2.34. The molecule has 2 N–H and O–H groups in total. The third-order valence-corrected chi connectivity index (χ3v) is 6.74. The standard InChI is InChI=1S/C16H30N2O3.C8H17NO2.C2H6/c1-13-7-5-9-16(2,21-4)10-6-12-18(3)14(19)8-11-17-15(13)20;1-6-4-7(9(2)3)5-8(10)11-6;1-2/h13H,5-12H2,1-4H3,(H,17,20);6-8,10H,4-5H2,1-3H3;1-2H3. The predicted octanol–water partition coefficient (Wildman–Crippen LogP) is 3.42. The number of carbonyl (C=O) groups excluding carboxylic acids is 2. The van der Waals surface area contributed by atoms with Crippen LogP contribution >= 0.6 is 0 Å². The van der Waals surface area contributed by atoms with Crippen LogP contribution in [0.1, 0.15) is 86.0 Å². The van der Waals surface area contributed by atoms with E-state index >= 15 is 0 Å². The van der Waals surface area contributed by atoms with Crippen molar-refractivity contribution in [3.05, 3.63) is 0 Å². The van der Waals surface area contributed by atoms with Gasteiger partial charge in [-0.05, 0) is 66.5 Å². The van der Waals surface area contributed by atoms with Gasteiger partial charge in [0.05, 0.1) is 11.7 Å². The summed E-state index contributed by atoms with van der Waals surface area (Å²) < 4.78 is 10.9. The zero-order chi connectivity index (χ0) is 26.3. The van der Waals surface area contributed by atoms with Crippen molar-refractivity contribution in [2.24, 2.45) is 5.92 Å². The monoisotopic (exact) mass is 487 g/mol. The number of nitrogens with zero attached hydrogens (tertiary/aromatic N) is 2. The summed E-state index contributed by atoms with van der Waals surface area (Å²) in [6.45, 7) is 11.2. The molecule has 0 saturated carbocycles. The predicted molar refractivity (Wildman–Crippen MR) is 138 cm³/mol. The molecular formula is C26H53N3O5. The van der Waals surface area contributed by atoms with Crippen LogP contribution in [0.25, 0.3) is 0 Å². The second kappa shape index (κ2) is 17.2. The summed E-state index contributed by atoms with van der Waals surface area (Å²) in [6.07, 6.45) is 6.40. The van der Waals surface area contributed by atoms with Crippen molar-refractivity contribution >= 4 is 11.8 Å². The average molecular weight is 488 g/mol. The van der Waals surface area contributed by atoms with E-state index in [2.05, 4.69) is 17.1 Å². The van der Waals surface area contributed by atoms with Crippen molar-refractivity contribution in [1.82, 2.24) is 15.1 Å². The first-order chi connectivity index (χ1) is 16.0. The van der Waals surface area contributed by atoms with Crippen molar-refractivity contribution in [2.45, 2.75) is 110 Å². The SMILES string of the molecule is CC.CC1CC(N(C)C)CC(O)O1.COC1(C)CCCC(C)C(=O)NCCC(=O)N(C)CCC1. The average Bonchev–Trinajstić information content (AvgIpc) is 2.79. The Morgan fingerprint density at radius 2 is 1.76 bits per heavy atom. The topological polar surface area (TPSA) is 91.3 Å². The number of methoxy groups -OCH3 is 1. The number of aliphatic hydroxyl groups is 1. The lowest BCUT2D eigenvalue weighted by molar-refractivity contribution is -0.172. The van der Waals surface area contributed by atoms with Gasteiger partial charge in [-0.25, -0.2) is 0 Å². The van der Waals surface area contributed by atoms with Gasteiger partial charge in [-0.2, -0.15) is 0 Å². The van der Waals surface area contributed by atoms with Gasteiger partial charge in [-0.3, -0.25) is 9.59 Å². The molecule has 0 bridgehead atoms. The number of carbonyl (C=O) groups is 2. The first-order valence-electron chi connectivity index (χ1n) is 13.0. The third-order valence-electron chi connectivity index (χ3n) is 6.74. The fourth-order valence-electron chi connectivity index (χ4n) is 4.23. The molecule has 2 aliphatic heterocycles. The fourth-order valence-corrected chi connectivity index (χ4v) is 4.23. The largest absolute Gasteiger partial charge is 0.379 e. The smallest absolute Gasteiger partial charge is 0.224 e. The van der Waals surface area contributed by atoms with Crippen LogP contribution in [0.15, 0.2) is 0 Å². The summed E-state index contributed by atoms with van der Waals surface area (Å²) in [7, 11) is 7.64. The highest BCUT2D eigenvalue weighted by atomic mass is 16.6. The van der Waals surface area contributed by atoms with Gasteiger partial charge < -0.3 is 29.7 Å². The van der Waals surface area contributed by atoms with E-state index in [-0.39, 0.29) is 29.4 Å². The molecule has 34 heavy (non-hydrogen) atoms. The maximum absolute atomic E-state index is 11.9. The molecule has 0 spiro atoms. The summed E-state index contributed by atoms with van der Waals surface area (Å²) in [5, 5.41) is 12.1. The number of hydrogen-bond acceptors (Lipinski definition) is 6. The molecule has 2 amide bonds. The Hall–Kier alpha value is -1.22. The first kappa shape index (κ1) is 32.8. The Balaban J connectivity index is 0.000000701. The van der Waals surface area contributed by atoms with Gasteiger partial charge in [0.2, 0.25) is 11.8 Å². The molecule has 2 heterocycles. The maximum Gasteiger partial charge on any atom is 0.224 e. The minimum Gasteiger partial charge on any atom is -0.379 e. The van der Waals surface area contributed by atoms with Crippen LogP contribution in [0.5, 0.6) is 0 Å². The summed E-state index contributed by atoms with van der Waals surface area (Å²) in [4.78, 5) is 27.8. The Bertz CT molecular complexity index is 535. The summed E-state index contributed by atoms with van der Waals surface area (Å²) >= 11 is 0. The van der Waals surface area contributed by atoms with E-state index in [1.165, 1.54) is 0 Å². The number of rotatable bonds is 2. The van der Waals surface area contributed by atoms with Crippen LogP contribution in [-0.4, -0.2) is 92.1 Å². The second-order valence-corrected chi connectivity index (χ2v) is 9.90. The summed E-state index contributed by atoms with van der Waals surface area (Å²) in [5.41, 5.74) is -0.162. The van der Waals surface area contributed by atoms with E-state index in [4.69, 9.17) is 9.47 Å². The normalized spacial score (nSPS) is 31.9. The maximum atomic E-state index is 11.9. The lowest BCUT2D eigenvalue weighted by Crippen LogP contribution is -2.41. The van der Waals surface area contributed by atoms with E-state index in [1.807, 2.05) is 48.8 Å². The van der Waals surface area contributed by atoms with Crippen LogP contribution in [0, 0.1) is 5.92 Å². The molecule has 2 saturated heterocycles. The van der Waals surface area contributed by atoms with Crippen LogP contribution in [-0.2, 0) is 19.1 Å². The van der Waals surface area contributed by atoms with E-state index in [1.54, 1.807) is 12.0 Å². The van der Waals surface area contributed by atoms with Gasteiger partial charge in [0.1, 0.15) is 0 Å². The molecule has 2 rings (SSSR count). The zero-order valence-electron chi connectivity index (χ0n) is 23.4. The molecular weight excluding hydrogens is 434 g/mol. The van der Waals surface area contributed by atoms with E-state index in [0.717, 1.165) is 51.5 Å². The number of amides is 2. The molecule has 202 valence electrons. The number of nitrogens with one attached hydrogen (secondary N) is 1. The Morgan fingerprint density at radius 3 is 2.32 bits per heavy atom. The van der Waals surface area contributed by atoms with E-state index in [9.17, 15) is 14.7 Å². The van der Waals surface area contributed by atoms with Gasteiger partial charge in [-0.1, -0.05) is 20.8 Å². The Kier molecular flexibility index (Phi) is 16.6. The number of aliphatic hydroxyl groups excluding tert-OH is 1. The van der Waals surface area contributed by atoms with Crippen molar-refractivity contribution < 1.29 is 24.2 Å². The van der Waals surface area contributed by atoms with Crippen molar-refractivity contribution in [3.63, 3.8) is 0 Å². The zero-order valence-corrected chi connectivity index (χ0v) is 23.4. The molecule has 0 aromatic heterocycles. The molecule has 8 heteroatoms. The highest BCUT2D eigenvalue weighted by molar-refractivity contribution is 5.80. The van der Waals surface area contributed by atoms with Gasteiger partial charge in [-0.15, -0.1) is 0 Å². The first-order valence-corrected chi connectivity index (χ1v) is 13.0. The highest BCUT2D eigenvalue weighted by Crippen LogP contribution is 2.25. The lowest BCUT2D eigenvalue weighted by atomic mass is 9.90. The van der Waals surface area contributed by atoms with Gasteiger partial charge in [0, 0.05) is 52.0 Å². The van der Waals surface area contributed by atoms with Gasteiger partial charge in [0.15, 0.2) is 6.29 Å². The third kappa shape index (κ3) is 13.0. The van der Waals surface area contributed by atoms with E-state index in [0.29, 0.717) is 19.0 Å². The molecule has 2 fully saturated rings. The summed E-state index contributed by atoms with van der Waals surface area (Å²) in [5.74, 6) is 0.114. The molecule has 8 nitrogen and oxygen atoms in total. The molecule has 0 radical (unpaired) electrons. The van der Waals surface area contributed by atoms with Crippen LogP contribution < -0.4 is 5.32 Å². The summed E-state index contributed by atoms with van der Waals surface area (Å²) in [6, 6.07) is 0.466. The van der Waals surface area contributed by atoms with Crippen molar-refractivity contribution in [2.75, 3.05) is 41.3 Å². The van der Waals surface area contributed by atoms with Crippen molar-refractivity contribution in [1.29, 1.82) is 0 Å². The molecule has 5 atom stereocenters. The fraction of sp³-hybridized carbons (Fsp3) is 0.923. The van der Waals surface area contributed by atoms with Crippen LogP contribution in [0.2, 0.25) is 0 Å². The number of ether oxygens (including phenoxy) is 2. The minimum absolute atomic E-state index is 0.0121. The highest BCUT2D eigenvalue weighted by Gasteiger charge is 2.27. The molecule has 2 aliphatic rings. The molecule has 5 unspecified atom stereocenters. The van der Waals surface area contributed by atoms with Gasteiger partial charge in [0.25, 0.3) is 0 Å². The van der Waals surface area contributed by atoms with Gasteiger partial charge >= 0.3 is 0 Å². The minimum atomic E-state index is -0.564.